The Labute approximate surface area is 127 Å². The molecule has 4 nitrogen and oxygen atoms in total. The molecule has 1 aromatic heterocycles. The Morgan fingerprint density at radius 1 is 1.44 bits per heavy atom. The average molecular weight is 419 g/mol. The molecule has 0 spiro atoms. The lowest BCUT2D eigenvalue weighted by atomic mass is 9.93. The number of nitrogens with zero attached hydrogens (tertiary/aromatic N) is 1. The first kappa shape index (κ1) is 14.9. The van der Waals surface area contributed by atoms with Crippen LogP contribution in [0.1, 0.15) is 19.3 Å². The van der Waals surface area contributed by atoms with E-state index in [2.05, 4.69) is 31.9 Å². The van der Waals surface area contributed by atoms with E-state index < -0.39 is 10.0 Å². The van der Waals surface area contributed by atoms with Gasteiger partial charge in [-0.2, -0.15) is 4.31 Å². The van der Waals surface area contributed by atoms with Crippen LogP contribution in [-0.2, 0) is 10.0 Å². The van der Waals surface area contributed by atoms with Crippen LogP contribution in [0.25, 0.3) is 0 Å². The third-order valence-electron chi connectivity index (χ3n) is 3.01. The number of hydrogen-bond acceptors (Lipinski definition) is 4. The monoisotopic (exact) mass is 417 g/mol. The normalized spacial score (nSPS) is 17.1. The van der Waals surface area contributed by atoms with Gasteiger partial charge in [-0.3, -0.25) is 0 Å². The van der Waals surface area contributed by atoms with Gasteiger partial charge in [0.25, 0.3) is 0 Å². The van der Waals surface area contributed by atoms with Crippen molar-refractivity contribution < 1.29 is 13.5 Å². The summed E-state index contributed by atoms with van der Waals surface area (Å²) in [6, 6.07) is 1.64. The SMILES string of the molecule is O=S(=O)(c1cc(Br)sc1Br)N(CCO)C1CCC1. The number of hydrogen-bond donors (Lipinski definition) is 1. The molecule has 1 heterocycles. The molecule has 0 atom stereocenters. The Balaban J connectivity index is 2.35. The third kappa shape index (κ3) is 2.83. The zero-order valence-corrected chi connectivity index (χ0v) is 14.3. The van der Waals surface area contributed by atoms with Crippen molar-refractivity contribution in [2.24, 2.45) is 0 Å². The predicted octanol–water partition coefficient (Wildman–Crippen LogP) is 2.81. The number of thiophene rings is 1. The lowest BCUT2D eigenvalue weighted by Crippen LogP contribution is -2.45. The highest BCUT2D eigenvalue weighted by molar-refractivity contribution is 9.12. The van der Waals surface area contributed by atoms with E-state index in [0.717, 1.165) is 23.0 Å². The van der Waals surface area contributed by atoms with Gasteiger partial charge in [0, 0.05) is 12.6 Å². The molecule has 8 heteroatoms. The molecule has 102 valence electrons. The Hall–Kier alpha value is 0.530. The summed E-state index contributed by atoms with van der Waals surface area (Å²) in [6.45, 7) is 0.00552. The minimum Gasteiger partial charge on any atom is -0.395 e. The van der Waals surface area contributed by atoms with Crippen LogP contribution in [0, 0.1) is 0 Å². The first-order valence-electron chi connectivity index (χ1n) is 5.54. The molecule has 1 aliphatic carbocycles. The van der Waals surface area contributed by atoms with Gasteiger partial charge in [-0.25, -0.2) is 8.42 Å². The maximum absolute atomic E-state index is 12.6. The zero-order chi connectivity index (χ0) is 13.3. The fraction of sp³-hybridized carbons (Fsp3) is 0.600. The van der Waals surface area contributed by atoms with Crippen molar-refractivity contribution in [1.82, 2.24) is 4.31 Å². The summed E-state index contributed by atoms with van der Waals surface area (Å²) in [5, 5.41) is 9.07. The van der Waals surface area contributed by atoms with E-state index in [1.807, 2.05) is 0 Å². The minimum absolute atomic E-state index is 0.0349. The van der Waals surface area contributed by atoms with Crippen molar-refractivity contribution in [2.75, 3.05) is 13.2 Å². The molecule has 0 aliphatic heterocycles. The molecule has 2 rings (SSSR count). The van der Waals surface area contributed by atoms with Gasteiger partial charge < -0.3 is 5.11 Å². The zero-order valence-electron chi connectivity index (χ0n) is 9.47. The Morgan fingerprint density at radius 2 is 2.11 bits per heavy atom. The highest BCUT2D eigenvalue weighted by Gasteiger charge is 2.36. The summed E-state index contributed by atoms with van der Waals surface area (Å²) in [6.07, 6.45) is 2.81. The van der Waals surface area contributed by atoms with Gasteiger partial charge in [0.05, 0.1) is 14.2 Å². The van der Waals surface area contributed by atoms with E-state index in [4.69, 9.17) is 5.11 Å². The van der Waals surface area contributed by atoms with Crippen LogP contribution in [0.4, 0.5) is 0 Å². The number of halogens is 2. The molecule has 18 heavy (non-hydrogen) atoms. The second-order valence-electron chi connectivity index (χ2n) is 4.11. The van der Waals surface area contributed by atoms with Gasteiger partial charge in [-0.05, 0) is 50.8 Å². The highest BCUT2D eigenvalue weighted by atomic mass is 79.9. The summed E-state index contributed by atoms with van der Waals surface area (Å²) in [7, 11) is -3.53. The van der Waals surface area contributed by atoms with Gasteiger partial charge in [0.1, 0.15) is 4.90 Å². The van der Waals surface area contributed by atoms with Crippen LogP contribution < -0.4 is 0 Å². The van der Waals surface area contributed by atoms with Crippen molar-refractivity contribution >= 4 is 53.2 Å². The van der Waals surface area contributed by atoms with Gasteiger partial charge >= 0.3 is 0 Å². The lowest BCUT2D eigenvalue weighted by Gasteiger charge is -2.36. The average Bonchev–Trinajstić information content (AvgIpc) is 2.55. The summed E-state index contributed by atoms with van der Waals surface area (Å²) >= 11 is 7.90. The number of aliphatic hydroxyl groups is 1. The second-order valence-corrected chi connectivity index (χ2v) is 9.72. The molecule has 0 aromatic carbocycles. The standard InChI is InChI=1S/C10H13Br2NO3S2/c11-9-6-8(10(12)17-9)18(15,16)13(4-5-14)7-2-1-3-7/h6-7,14H,1-5H2. The summed E-state index contributed by atoms with van der Waals surface area (Å²) in [5.74, 6) is 0. The van der Waals surface area contributed by atoms with Crippen molar-refractivity contribution in [3.63, 3.8) is 0 Å². The topological polar surface area (TPSA) is 57.6 Å². The molecular weight excluding hydrogens is 406 g/mol. The molecule has 0 amide bonds. The molecule has 1 fully saturated rings. The van der Waals surface area contributed by atoms with Gasteiger partial charge in [-0.15, -0.1) is 11.3 Å². The smallest absolute Gasteiger partial charge is 0.245 e. The molecule has 1 saturated carbocycles. The number of aliphatic hydroxyl groups excluding tert-OH is 1. The van der Waals surface area contributed by atoms with Gasteiger partial charge in [-0.1, -0.05) is 6.42 Å². The van der Waals surface area contributed by atoms with Crippen LogP contribution in [-0.4, -0.2) is 37.0 Å². The van der Waals surface area contributed by atoms with E-state index in [0.29, 0.717) is 3.79 Å². The Morgan fingerprint density at radius 3 is 2.50 bits per heavy atom. The van der Waals surface area contributed by atoms with E-state index in [-0.39, 0.29) is 24.1 Å². The van der Waals surface area contributed by atoms with Crippen molar-refractivity contribution in [1.29, 1.82) is 0 Å². The van der Waals surface area contributed by atoms with Crippen LogP contribution in [0.2, 0.25) is 0 Å². The maximum Gasteiger partial charge on any atom is 0.245 e. The third-order valence-corrected chi connectivity index (χ3v) is 7.72. The van der Waals surface area contributed by atoms with E-state index >= 15 is 0 Å². The maximum atomic E-state index is 12.6. The molecule has 1 aromatic rings. The van der Waals surface area contributed by atoms with E-state index in [1.54, 1.807) is 6.07 Å². The van der Waals surface area contributed by atoms with Crippen molar-refractivity contribution in [3.05, 3.63) is 13.6 Å². The van der Waals surface area contributed by atoms with E-state index in [9.17, 15) is 8.42 Å². The summed E-state index contributed by atoms with van der Waals surface area (Å²) in [4.78, 5) is 0.278. The first-order valence-corrected chi connectivity index (χ1v) is 9.38. The van der Waals surface area contributed by atoms with Gasteiger partial charge in [0.15, 0.2) is 0 Å². The van der Waals surface area contributed by atoms with Crippen molar-refractivity contribution in [3.8, 4) is 0 Å². The van der Waals surface area contributed by atoms with Crippen LogP contribution >= 0.6 is 43.2 Å². The Kier molecular flexibility index (Phi) is 4.88. The van der Waals surface area contributed by atoms with Crippen molar-refractivity contribution in [2.45, 2.75) is 30.2 Å². The summed E-state index contributed by atoms with van der Waals surface area (Å²) < 4.78 is 27.9. The first-order chi connectivity index (χ1) is 8.46. The number of sulfonamides is 1. The van der Waals surface area contributed by atoms with Crippen LogP contribution in [0.15, 0.2) is 18.5 Å². The molecule has 1 aliphatic rings. The van der Waals surface area contributed by atoms with E-state index in [1.165, 1.54) is 15.6 Å². The molecule has 0 saturated heterocycles. The molecule has 0 bridgehead atoms. The summed E-state index contributed by atoms with van der Waals surface area (Å²) in [5.41, 5.74) is 0. The molecular formula is C10H13Br2NO3S2. The number of rotatable bonds is 5. The molecule has 1 N–H and O–H groups in total. The van der Waals surface area contributed by atoms with Crippen LogP contribution in [0.5, 0.6) is 0 Å². The quantitative estimate of drug-likeness (QED) is 0.799. The minimum atomic E-state index is -3.53. The molecule has 0 radical (unpaired) electrons. The predicted molar refractivity (Wildman–Crippen MR) is 78.3 cm³/mol. The fourth-order valence-corrected chi connectivity index (χ4v) is 7.34. The van der Waals surface area contributed by atoms with Gasteiger partial charge in [0.2, 0.25) is 10.0 Å². The van der Waals surface area contributed by atoms with Crippen LogP contribution in [0.3, 0.4) is 0 Å². The molecule has 0 unspecified atom stereocenters. The lowest BCUT2D eigenvalue weighted by molar-refractivity contribution is 0.178. The Bertz CT molecular complexity index is 525. The fourth-order valence-electron chi connectivity index (χ4n) is 1.90. The highest BCUT2D eigenvalue weighted by Crippen LogP contribution is 2.38. The largest absolute Gasteiger partial charge is 0.395 e. The second kappa shape index (κ2) is 5.88.